The van der Waals surface area contributed by atoms with Gasteiger partial charge in [0.1, 0.15) is 0 Å². The number of hydrogen-bond acceptors (Lipinski definition) is 3. The van der Waals surface area contributed by atoms with Crippen LogP contribution in [0, 0.1) is 0 Å². The molecule has 24 heavy (non-hydrogen) atoms. The molecule has 4 nitrogen and oxygen atoms in total. The summed E-state index contributed by atoms with van der Waals surface area (Å²) in [6.07, 6.45) is 6.41. The number of carbonyl (C=O) groups excluding carboxylic acids is 1. The van der Waals surface area contributed by atoms with E-state index in [0.29, 0.717) is 25.7 Å². The first-order chi connectivity index (χ1) is 11.8. The fraction of sp³-hybridized carbons (Fsp3) is 0.650. The minimum absolute atomic E-state index is 0.240. The first-order valence-corrected chi connectivity index (χ1v) is 9.37. The second kappa shape index (κ2) is 6.85. The van der Waals surface area contributed by atoms with Crippen LogP contribution in [0.4, 0.5) is 0 Å². The Balaban J connectivity index is 1.66. The Kier molecular flexibility index (Phi) is 4.59. The van der Waals surface area contributed by atoms with E-state index in [1.165, 1.54) is 12.8 Å². The average Bonchev–Trinajstić information content (AvgIpc) is 2.68. The Hall–Kier alpha value is -1.39. The van der Waals surface area contributed by atoms with Crippen molar-refractivity contribution in [1.29, 1.82) is 0 Å². The molecule has 0 radical (unpaired) electrons. The van der Waals surface area contributed by atoms with Gasteiger partial charge in [-0.2, -0.15) is 0 Å². The van der Waals surface area contributed by atoms with E-state index >= 15 is 0 Å². The lowest BCUT2D eigenvalue weighted by atomic mass is 9.72. The van der Waals surface area contributed by atoms with Gasteiger partial charge in [0, 0.05) is 19.8 Å². The zero-order valence-electron chi connectivity index (χ0n) is 14.3. The van der Waals surface area contributed by atoms with Gasteiger partial charge in [0.2, 0.25) is 5.91 Å². The summed E-state index contributed by atoms with van der Waals surface area (Å²) < 4.78 is 11.6. The maximum Gasteiger partial charge on any atom is 0.233 e. The molecule has 2 saturated heterocycles. The molecule has 2 heterocycles. The summed E-state index contributed by atoms with van der Waals surface area (Å²) in [6.45, 7) is 2.74. The zero-order chi connectivity index (χ0) is 16.4. The Morgan fingerprint density at radius 3 is 2.58 bits per heavy atom. The van der Waals surface area contributed by atoms with Crippen molar-refractivity contribution in [2.75, 3.05) is 26.4 Å². The maximum absolute atomic E-state index is 13.7. The van der Waals surface area contributed by atoms with Crippen LogP contribution >= 0.6 is 0 Å². The first-order valence-electron chi connectivity index (χ1n) is 9.37. The van der Waals surface area contributed by atoms with Crippen molar-refractivity contribution in [2.45, 2.75) is 56.1 Å². The zero-order valence-corrected chi connectivity index (χ0v) is 14.3. The van der Waals surface area contributed by atoms with E-state index in [1.807, 2.05) is 18.2 Å². The predicted octanol–water partition coefficient (Wildman–Crippen LogP) is 2.90. The van der Waals surface area contributed by atoms with E-state index in [-0.39, 0.29) is 12.1 Å². The van der Waals surface area contributed by atoms with Crippen LogP contribution in [-0.4, -0.2) is 49.3 Å². The van der Waals surface area contributed by atoms with Gasteiger partial charge in [-0.15, -0.1) is 0 Å². The minimum atomic E-state index is -0.418. The lowest BCUT2D eigenvalue weighted by Crippen LogP contribution is -2.60. The third-order valence-electron chi connectivity index (χ3n) is 6.08. The third-order valence-corrected chi connectivity index (χ3v) is 6.08. The smallest absolute Gasteiger partial charge is 0.233 e. The largest absolute Gasteiger partial charge is 0.381 e. The van der Waals surface area contributed by atoms with Gasteiger partial charge in [-0.05, 0) is 31.2 Å². The van der Waals surface area contributed by atoms with Crippen molar-refractivity contribution in [3.8, 4) is 0 Å². The van der Waals surface area contributed by atoms with Gasteiger partial charge in [-0.1, -0.05) is 43.2 Å². The van der Waals surface area contributed by atoms with Crippen LogP contribution in [0.5, 0.6) is 0 Å². The quantitative estimate of drug-likeness (QED) is 0.837. The minimum Gasteiger partial charge on any atom is -0.381 e. The highest BCUT2D eigenvalue weighted by molar-refractivity contribution is 5.89. The summed E-state index contributed by atoms with van der Waals surface area (Å²) in [6, 6.07) is 10.6. The van der Waals surface area contributed by atoms with E-state index < -0.39 is 5.41 Å². The molecule has 3 fully saturated rings. The summed E-state index contributed by atoms with van der Waals surface area (Å²) in [5.74, 6) is 0.303. The van der Waals surface area contributed by atoms with Crippen molar-refractivity contribution < 1.29 is 14.3 Å². The molecule has 1 amide bonds. The molecule has 1 aromatic rings. The number of benzene rings is 1. The number of carbonyl (C=O) groups is 1. The molecule has 0 aromatic heterocycles. The molecule has 0 N–H and O–H groups in total. The SMILES string of the molecule is O=C(N1CCO[C@@H]2CCCC[C@@H]21)C1(c2ccccc2)CCOCC1. The summed E-state index contributed by atoms with van der Waals surface area (Å²) >= 11 is 0. The molecule has 4 heteroatoms. The summed E-state index contributed by atoms with van der Waals surface area (Å²) in [4.78, 5) is 15.9. The van der Waals surface area contributed by atoms with Crippen LogP contribution in [0.15, 0.2) is 30.3 Å². The van der Waals surface area contributed by atoms with Crippen LogP contribution in [0.2, 0.25) is 0 Å². The number of ether oxygens (including phenoxy) is 2. The van der Waals surface area contributed by atoms with Crippen LogP contribution in [0.1, 0.15) is 44.1 Å². The predicted molar refractivity (Wildman–Crippen MR) is 91.9 cm³/mol. The van der Waals surface area contributed by atoms with E-state index in [4.69, 9.17) is 9.47 Å². The summed E-state index contributed by atoms with van der Waals surface area (Å²) in [5, 5.41) is 0. The van der Waals surface area contributed by atoms with Gasteiger partial charge in [0.25, 0.3) is 0 Å². The Bertz CT molecular complexity index is 566. The van der Waals surface area contributed by atoms with E-state index in [1.54, 1.807) is 0 Å². The molecule has 130 valence electrons. The first kappa shape index (κ1) is 16.1. The lowest BCUT2D eigenvalue weighted by Gasteiger charge is -2.48. The number of morpholine rings is 1. The number of nitrogens with zero attached hydrogens (tertiary/aromatic N) is 1. The van der Waals surface area contributed by atoms with Gasteiger partial charge in [0.15, 0.2) is 0 Å². The molecule has 4 rings (SSSR count). The molecule has 0 spiro atoms. The van der Waals surface area contributed by atoms with Crippen molar-refractivity contribution in [3.05, 3.63) is 35.9 Å². The van der Waals surface area contributed by atoms with E-state index in [0.717, 1.165) is 37.8 Å². The average molecular weight is 329 g/mol. The third kappa shape index (κ3) is 2.76. The van der Waals surface area contributed by atoms with Gasteiger partial charge < -0.3 is 14.4 Å². The van der Waals surface area contributed by atoms with E-state index in [9.17, 15) is 4.79 Å². The second-order valence-electron chi connectivity index (χ2n) is 7.32. The van der Waals surface area contributed by atoms with Crippen LogP contribution < -0.4 is 0 Å². The molecule has 1 aliphatic carbocycles. The fourth-order valence-corrected chi connectivity index (χ4v) is 4.73. The normalized spacial score (nSPS) is 29.8. The Morgan fingerprint density at radius 2 is 1.79 bits per heavy atom. The van der Waals surface area contributed by atoms with Gasteiger partial charge in [0.05, 0.1) is 24.2 Å². The standard InChI is InChI=1S/C20H27NO3/c22-19(21-12-15-24-18-9-5-4-8-17(18)21)20(10-13-23-14-11-20)16-6-2-1-3-7-16/h1-3,6-7,17-18H,4-5,8-15H2/t17-,18+/m0/s1. The molecular weight excluding hydrogens is 302 g/mol. The molecular formula is C20H27NO3. The number of fused-ring (bicyclic) bond motifs is 1. The molecule has 2 atom stereocenters. The number of rotatable bonds is 2. The summed E-state index contributed by atoms with van der Waals surface area (Å²) in [7, 11) is 0. The van der Waals surface area contributed by atoms with Gasteiger partial charge in [-0.3, -0.25) is 4.79 Å². The molecule has 0 unspecified atom stereocenters. The molecule has 0 bridgehead atoms. The summed E-state index contributed by atoms with van der Waals surface area (Å²) in [5.41, 5.74) is 0.732. The monoisotopic (exact) mass is 329 g/mol. The van der Waals surface area contributed by atoms with Crippen molar-refractivity contribution in [3.63, 3.8) is 0 Å². The maximum atomic E-state index is 13.7. The van der Waals surface area contributed by atoms with Crippen LogP contribution in [-0.2, 0) is 19.7 Å². The van der Waals surface area contributed by atoms with Crippen molar-refractivity contribution in [1.82, 2.24) is 4.90 Å². The van der Waals surface area contributed by atoms with Gasteiger partial charge >= 0.3 is 0 Å². The van der Waals surface area contributed by atoms with E-state index in [2.05, 4.69) is 17.0 Å². The highest BCUT2D eigenvalue weighted by Crippen LogP contribution is 2.39. The molecule has 3 aliphatic rings. The Labute approximate surface area is 144 Å². The lowest BCUT2D eigenvalue weighted by molar-refractivity contribution is -0.159. The molecule has 2 aliphatic heterocycles. The fourth-order valence-electron chi connectivity index (χ4n) is 4.73. The number of hydrogen-bond donors (Lipinski definition) is 0. The topological polar surface area (TPSA) is 38.8 Å². The van der Waals surface area contributed by atoms with Crippen molar-refractivity contribution in [2.24, 2.45) is 0 Å². The Morgan fingerprint density at radius 1 is 1.04 bits per heavy atom. The van der Waals surface area contributed by atoms with Crippen molar-refractivity contribution >= 4 is 5.91 Å². The highest BCUT2D eigenvalue weighted by Gasteiger charge is 2.47. The van der Waals surface area contributed by atoms with Crippen LogP contribution in [0.25, 0.3) is 0 Å². The highest BCUT2D eigenvalue weighted by atomic mass is 16.5. The van der Waals surface area contributed by atoms with Gasteiger partial charge in [-0.25, -0.2) is 0 Å². The van der Waals surface area contributed by atoms with Crippen LogP contribution in [0.3, 0.4) is 0 Å². The number of amides is 1. The molecule has 1 aromatic carbocycles. The molecule has 1 saturated carbocycles. The second-order valence-corrected chi connectivity index (χ2v) is 7.32.